The van der Waals surface area contributed by atoms with Gasteiger partial charge in [-0.05, 0) is 38.1 Å². The molecule has 0 amide bonds. The Hall–Kier alpha value is -3.71. The minimum Gasteiger partial charge on any atom is -0.497 e. The number of aromatic nitrogens is 3. The summed E-state index contributed by atoms with van der Waals surface area (Å²) in [6, 6.07) is 17.0. The molecule has 0 fully saturated rings. The van der Waals surface area contributed by atoms with Crippen LogP contribution in [0.5, 0.6) is 5.75 Å². The van der Waals surface area contributed by atoms with E-state index in [4.69, 9.17) is 14.1 Å². The van der Waals surface area contributed by atoms with Gasteiger partial charge in [0.2, 0.25) is 5.89 Å². The average Bonchev–Trinajstić information content (AvgIpc) is 3.19. The van der Waals surface area contributed by atoms with Gasteiger partial charge < -0.3 is 14.3 Å². The first kappa shape index (κ1) is 21.5. The van der Waals surface area contributed by atoms with E-state index in [9.17, 15) is 9.90 Å². The van der Waals surface area contributed by atoms with Crippen LogP contribution in [0.4, 0.5) is 0 Å². The molecule has 7 nitrogen and oxygen atoms in total. The third-order valence-electron chi connectivity index (χ3n) is 5.40. The Labute approximate surface area is 186 Å². The van der Waals surface area contributed by atoms with Crippen LogP contribution >= 0.6 is 0 Å². The molecule has 0 aliphatic heterocycles. The van der Waals surface area contributed by atoms with Crippen LogP contribution in [0.15, 0.2) is 63.8 Å². The second-order valence-electron chi connectivity index (χ2n) is 7.48. The summed E-state index contributed by atoms with van der Waals surface area (Å²) in [5.41, 5.74) is 3.24. The minimum absolute atomic E-state index is 0.118. The van der Waals surface area contributed by atoms with Crippen molar-refractivity contribution < 1.29 is 14.3 Å². The maximum absolute atomic E-state index is 13.4. The number of rotatable bonds is 7. The Bertz CT molecular complexity index is 1280. The van der Waals surface area contributed by atoms with Gasteiger partial charge in [-0.15, -0.1) is 0 Å². The van der Waals surface area contributed by atoms with E-state index in [2.05, 4.69) is 4.98 Å². The quantitative estimate of drug-likeness (QED) is 0.479. The van der Waals surface area contributed by atoms with E-state index in [1.165, 1.54) is 0 Å². The number of aliphatic hydroxyl groups is 1. The molecule has 0 radical (unpaired) electrons. The van der Waals surface area contributed by atoms with Gasteiger partial charge in [0.1, 0.15) is 23.0 Å². The van der Waals surface area contributed by atoms with Gasteiger partial charge in [-0.1, -0.05) is 30.3 Å². The highest BCUT2D eigenvalue weighted by atomic mass is 16.5. The fourth-order valence-electron chi connectivity index (χ4n) is 3.64. The van der Waals surface area contributed by atoms with Crippen molar-refractivity contribution in [1.29, 1.82) is 0 Å². The molecular formula is C25H25N3O4. The highest BCUT2D eigenvalue weighted by Crippen LogP contribution is 2.25. The van der Waals surface area contributed by atoms with Gasteiger partial charge in [0.15, 0.2) is 0 Å². The van der Waals surface area contributed by atoms with Gasteiger partial charge in [-0.3, -0.25) is 9.36 Å². The average molecular weight is 431 g/mol. The molecule has 2 aromatic heterocycles. The summed E-state index contributed by atoms with van der Waals surface area (Å²) in [5.74, 6) is 2.41. The van der Waals surface area contributed by atoms with Crippen molar-refractivity contribution in [3.8, 4) is 28.6 Å². The predicted molar refractivity (Wildman–Crippen MR) is 122 cm³/mol. The third-order valence-corrected chi connectivity index (χ3v) is 5.40. The number of methoxy groups -OCH3 is 1. The first-order valence-corrected chi connectivity index (χ1v) is 10.4. The van der Waals surface area contributed by atoms with Gasteiger partial charge in [0.25, 0.3) is 5.56 Å². The van der Waals surface area contributed by atoms with Crippen LogP contribution in [0.1, 0.15) is 22.7 Å². The molecule has 0 bridgehead atoms. The Balaban J connectivity index is 1.79. The highest BCUT2D eigenvalue weighted by Gasteiger charge is 2.19. The molecule has 4 rings (SSSR count). The summed E-state index contributed by atoms with van der Waals surface area (Å²) < 4.78 is 12.7. The van der Waals surface area contributed by atoms with Crippen LogP contribution in [0, 0.1) is 13.8 Å². The number of benzene rings is 2. The van der Waals surface area contributed by atoms with Crippen molar-refractivity contribution in [2.45, 2.75) is 26.8 Å². The maximum Gasteiger partial charge on any atom is 0.257 e. The first-order chi connectivity index (χ1) is 15.5. The Morgan fingerprint density at radius 1 is 1.00 bits per heavy atom. The number of oxazole rings is 1. The summed E-state index contributed by atoms with van der Waals surface area (Å²) in [7, 11) is 1.62. The van der Waals surface area contributed by atoms with E-state index >= 15 is 0 Å². The summed E-state index contributed by atoms with van der Waals surface area (Å²) in [6.07, 6.45) is 0.252. The van der Waals surface area contributed by atoms with Gasteiger partial charge in [-0.2, -0.15) is 0 Å². The highest BCUT2D eigenvalue weighted by molar-refractivity contribution is 5.57. The van der Waals surface area contributed by atoms with E-state index in [1.807, 2.05) is 61.5 Å². The molecule has 1 N–H and O–H groups in total. The lowest BCUT2D eigenvalue weighted by Crippen LogP contribution is -2.29. The summed E-state index contributed by atoms with van der Waals surface area (Å²) in [5, 5.41) is 9.43. The Morgan fingerprint density at radius 2 is 1.72 bits per heavy atom. The number of aryl methyl sites for hydroxylation is 2. The fraction of sp³-hybridized carbons (Fsp3) is 0.240. The van der Waals surface area contributed by atoms with Crippen molar-refractivity contribution in [3.05, 3.63) is 87.7 Å². The molecule has 164 valence electrons. The fourth-order valence-corrected chi connectivity index (χ4v) is 3.64. The topological polar surface area (TPSA) is 90.4 Å². The zero-order valence-corrected chi connectivity index (χ0v) is 18.3. The van der Waals surface area contributed by atoms with E-state index in [1.54, 1.807) is 18.6 Å². The summed E-state index contributed by atoms with van der Waals surface area (Å²) in [4.78, 5) is 22.7. The molecule has 0 aliphatic rings. The number of aliphatic hydroxyl groups excluding tert-OH is 1. The normalized spacial score (nSPS) is 11.0. The molecule has 0 saturated carbocycles. The monoisotopic (exact) mass is 431 g/mol. The Kier molecular flexibility index (Phi) is 6.18. The molecule has 0 aliphatic carbocycles. The van der Waals surface area contributed by atoms with Crippen LogP contribution in [-0.2, 0) is 13.0 Å². The second kappa shape index (κ2) is 9.20. The van der Waals surface area contributed by atoms with Crippen molar-refractivity contribution >= 4 is 0 Å². The molecule has 0 atom stereocenters. The van der Waals surface area contributed by atoms with E-state index in [0.29, 0.717) is 34.4 Å². The van der Waals surface area contributed by atoms with Gasteiger partial charge in [0, 0.05) is 35.4 Å². The van der Waals surface area contributed by atoms with Crippen LogP contribution in [-0.4, -0.2) is 33.4 Å². The maximum atomic E-state index is 13.4. The van der Waals surface area contributed by atoms with Crippen LogP contribution in [0.25, 0.3) is 22.8 Å². The molecule has 32 heavy (non-hydrogen) atoms. The van der Waals surface area contributed by atoms with Crippen LogP contribution in [0.3, 0.4) is 0 Å². The Morgan fingerprint density at radius 3 is 2.38 bits per heavy atom. The number of hydrogen-bond donors (Lipinski definition) is 1. The largest absolute Gasteiger partial charge is 0.497 e. The minimum atomic E-state index is -0.182. The zero-order chi connectivity index (χ0) is 22.7. The number of nitrogens with zero attached hydrogens (tertiary/aromatic N) is 3. The lowest BCUT2D eigenvalue weighted by molar-refractivity contribution is 0.298. The van der Waals surface area contributed by atoms with Crippen molar-refractivity contribution in [2.75, 3.05) is 13.7 Å². The number of ether oxygens (including phenoxy) is 1. The van der Waals surface area contributed by atoms with Crippen LogP contribution < -0.4 is 10.3 Å². The van der Waals surface area contributed by atoms with E-state index < -0.39 is 0 Å². The molecule has 7 heteroatoms. The van der Waals surface area contributed by atoms with Crippen molar-refractivity contribution in [1.82, 2.24) is 14.5 Å². The molecule has 0 spiro atoms. The standard InChI is InChI=1S/C25H25N3O4/c1-16-21(13-14-29)25(30)28(23(26-16)18-7-5-4-6-8-18)15-22-17(2)32-24(27-22)19-9-11-20(31-3)12-10-19/h4-12,29H,13-15H2,1-3H3. The lowest BCUT2D eigenvalue weighted by Gasteiger charge is -2.15. The second-order valence-corrected chi connectivity index (χ2v) is 7.48. The summed E-state index contributed by atoms with van der Waals surface area (Å²) >= 11 is 0. The van der Waals surface area contributed by atoms with Gasteiger partial charge in [0.05, 0.1) is 13.7 Å². The summed E-state index contributed by atoms with van der Waals surface area (Å²) in [6.45, 7) is 3.72. The SMILES string of the molecule is COc1ccc(-c2nc(Cn3c(-c4ccccc4)nc(C)c(CCO)c3=O)c(C)o2)cc1. The first-order valence-electron chi connectivity index (χ1n) is 10.4. The van der Waals surface area contributed by atoms with E-state index in [-0.39, 0.29) is 25.1 Å². The van der Waals surface area contributed by atoms with Crippen molar-refractivity contribution in [2.24, 2.45) is 0 Å². The molecule has 4 aromatic rings. The third kappa shape index (κ3) is 4.20. The van der Waals surface area contributed by atoms with Crippen LogP contribution in [0.2, 0.25) is 0 Å². The zero-order valence-electron chi connectivity index (χ0n) is 18.3. The molecule has 2 heterocycles. The molecule has 0 unspecified atom stereocenters. The predicted octanol–water partition coefficient (Wildman–Crippen LogP) is 3.77. The van der Waals surface area contributed by atoms with Crippen molar-refractivity contribution in [3.63, 3.8) is 0 Å². The lowest BCUT2D eigenvalue weighted by atomic mass is 10.1. The molecule has 2 aromatic carbocycles. The van der Waals surface area contributed by atoms with E-state index in [0.717, 1.165) is 16.9 Å². The molecular weight excluding hydrogens is 406 g/mol. The number of hydrogen-bond acceptors (Lipinski definition) is 6. The smallest absolute Gasteiger partial charge is 0.257 e. The van der Waals surface area contributed by atoms with Gasteiger partial charge >= 0.3 is 0 Å². The van der Waals surface area contributed by atoms with Gasteiger partial charge in [-0.25, -0.2) is 9.97 Å². The molecule has 0 saturated heterocycles.